The minimum atomic E-state index is -0.288. The molecule has 0 atom stereocenters. The second-order valence-electron chi connectivity index (χ2n) is 5.70. The molecule has 0 aliphatic rings. The van der Waals surface area contributed by atoms with E-state index in [4.69, 9.17) is 26.3 Å². The Bertz CT molecular complexity index is 787. The van der Waals surface area contributed by atoms with Crippen LogP contribution in [0.1, 0.15) is 17.5 Å². The highest BCUT2D eigenvalue weighted by Gasteiger charge is 2.07. The van der Waals surface area contributed by atoms with Gasteiger partial charge in [-0.15, -0.1) is 0 Å². The minimum absolute atomic E-state index is 0.144. The third-order valence-electron chi connectivity index (χ3n) is 3.58. The van der Waals surface area contributed by atoms with Crippen LogP contribution in [0.4, 0.5) is 0 Å². The molecule has 0 aromatic heterocycles. The van der Waals surface area contributed by atoms with Crippen LogP contribution in [-0.2, 0) is 11.2 Å². The summed E-state index contributed by atoms with van der Waals surface area (Å²) in [5.41, 5.74) is 2.03. The van der Waals surface area contributed by atoms with Crippen molar-refractivity contribution in [3.8, 4) is 17.6 Å². The zero-order chi connectivity index (χ0) is 18.8. The molecular formula is C20H21ClN2O3. The number of aryl methyl sites for hydroxylation is 1. The van der Waals surface area contributed by atoms with E-state index in [0.29, 0.717) is 37.0 Å². The van der Waals surface area contributed by atoms with Gasteiger partial charge in [-0.3, -0.25) is 4.79 Å². The molecule has 0 aliphatic heterocycles. The first-order chi connectivity index (χ1) is 12.6. The third kappa shape index (κ3) is 6.66. The lowest BCUT2D eigenvalue weighted by molar-refractivity contribution is -0.120. The molecule has 0 bridgehead atoms. The van der Waals surface area contributed by atoms with Crippen molar-refractivity contribution >= 4 is 17.5 Å². The number of ether oxygens (including phenoxy) is 2. The van der Waals surface area contributed by atoms with E-state index in [1.807, 2.05) is 43.3 Å². The topological polar surface area (TPSA) is 71.3 Å². The number of hydrogen-bond donors (Lipinski definition) is 1. The van der Waals surface area contributed by atoms with Crippen molar-refractivity contribution in [1.29, 1.82) is 5.26 Å². The summed E-state index contributed by atoms with van der Waals surface area (Å²) >= 11 is 6.05. The first-order valence-electron chi connectivity index (χ1n) is 8.33. The standard InChI is InChI=1S/C20H21ClN2O3/c1-15-3-2-4-18(13-15)25-11-12-26-19-6-5-17(21)14-16(19)8-10-23-20(24)7-9-22/h2-6,13-14H,7-8,10-12H2,1H3,(H,23,24). The molecule has 2 rings (SSSR count). The molecule has 5 nitrogen and oxygen atoms in total. The van der Waals surface area contributed by atoms with Crippen LogP contribution in [0.2, 0.25) is 5.02 Å². The van der Waals surface area contributed by atoms with Gasteiger partial charge in [-0.25, -0.2) is 0 Å². The van der Waals surface area contributed by atoms with Crippen molar-refractivity contribution in [2.24, 2.45) is 0 Å². The number of nitriles is 1. The smallest absolute Gasteiger partial charge is 0.234 e. The Kier molecular flexibility index (Phi) is 7.78. The summed E-state index contributed by atoms with van der Waals surface area (Å²) in [6.07, 6.45) is 0.418. The molecule has 2 aromatic carbocycles. The van der Waals surface area contributed by atoms with Crippen molar-refractivity contribution in [3.63, 3.8) is 0 Å². The second-order valence-corrected chi connectivity index (χ2v) is 6.14. The lowest BCUT2D eigenvalue weighted by Gasteiger charge is -2.13. The van der Waals surface area contributed by atoms with Crippen molar-refractivity contribution in [2.75, 3.05) is 19.8 Å². The van der Waals surface area contributed by atoms with Gasteiger partial charge in [0.15, 0.2) is 0 Å². The van der Waals surface area contributed by atoms with Crippen LogP contribution in [0.5, 0.6) is 11.5 Å². The van der Waals surface area contributed by atoms with E-state index in [0.717, 1.165) is 16.9 Å². The summed E-state index contributed by atoms with van der Waals surface area (Å²) in [5.74, 6) is 1.23. The maximum atomic E-state index is 11.3. The highest BCUT2D eigenvalue weighted by molar-refractivity contribution is 6.30. The van der Waals surface area contributed by atoms with Crippen LogP contribution in [0.15, 0.2) is 42.5 Å². The summed E-state index contributed by atoms with van der Waals surface area (Å²) in [7, 11) is 0. The molecule has 1 amide bonds. The number of nitrogens with zero attached hydrogens (tertiary/aromatic N) is 1. The summed E-state index contributed by atoms with van der Waals surface area (Å²) in [6.45, 7) is 3.24. The Morgan fingerprint density at radius 1 is 1.19 bits per heavy atom. The number of carbonyl (C=O) groups excluding carboxylic acids is 1. The number of benzene rings is 2. The molecule has 0 radical (unpaired) electrons. The number of hydrogen-bond acceptors (Lipinski definition) is 4. The number of rotatable bonds is 9. The molecule has 2 aromatic rings. The molecule has 0 unspecified atom stereocenters. The van der Waals surface area contributed by atoms with E-state index >= 15 is 0 Å². The van der Waals surface area contributed by atoms with Gasteiger partial charge < -0.3 is 14.8 Å². The average molecular weight is 373 g/mol. The van der Waals surface area contributed by atoms with Gasteiger partial charge in [0.25, 0.3) is 0 Å². The SMILES string of the molecule is Cc1cccc(OCCOc2ccc(Cl)cc2CCNC(=O)CC#N)c1. The predicted molar refractivity (Wildman–Crippen MR) is 101 cm³/mol. The van der Waals surface area contributed by atoms with Crippen LogP contribution in [-0.4, -0.2) is 25.7 Å². The van der Waals surface area contributed by atoms with Crippen LogP contribution in [0.3, 0.4) is 0 Å². The maximum absolute atomic E-state index is 11.3. The average Bonchev–Trinajstić information content (AvgIpc) is 2.60. The maximum Gasteiger partial charge on any atom is 0.234 e. The van der Waals surface area contributed by atoms with Gasteiger partial charge in [-0.05, 0) is 54.8 Å². The zero-order valence-corrected chi connectivity index (χ0v) is 15.4. The monoisotopic (exact) mass is 372 g/mol. The first-order valence-corrected chi connectivity index (χ1v) is 8.70. The predicted octanol–water partition coefficient (Wildman–Crippen LogP) is 3.68. The fourth-order valence-electron chi connectivity index (χ4n) is 2.37. The molecule has 26 heavy (non-hydrogen) atoms. The zero-order valence-electron chi connectivity index (χ0n) is 14.6. The molecule has 6 heteroatoms. The quantitative estimate of drug-likeness (QED) is 0.681. The molecule has 0 fully saturated rings. The Hall–Kier alpha value is -2.71. The summed E-state index contributed by atoms with van der Waals surface area (Å²) in [5, 5.41) is 11.8. The Labute approximate surface area is 158 Å². The molecule has 0 aliphatic carbocycles. The van der Waals surface area contributed by atoms with Crippen molar-refractivity contribution in [3.05, 3.63) is 58.6 Å². The van der Waals surface area contributed by atoms with Crippen LogP contribution in [0, 0.1) is 18.3 Å². The van der Waals surface area contributed by atoms with Gasteiger partial charge in [0, 0.05) is 11.6 Å². The largest absolute Gasteiger partial charge is 0.490 e. The van der Waals surface area contributed by atoms with Gasteiger partial charge in [0.2, 0.25) is 5.91 Å². The number of carbonyl (C=O) groups is 1. The molecular weight excluding hydrogens is 352 g/mol. The molecule has 0 saturated heterocycles. The molecule has 1 N–H and O–H groups in total. The summed E-state index contributed by atoms with van der Waals surface area (Å²) in [6, 6.07) is 15.0. The normalized spacial score (nSPS) is 10.0. The van der Waals surface area contributed by atoms with Crippen LogP contribution >= 0.6 is 11.6 Å². The van der Waals surface area contributed by atoms with Crippen molar-refractivity contribution in [1.82, 2.24) is 5.32 Å². The van der Waals surface area contributed by atoms with E-state index in [-0.39, 0.29) is 12.3 Å². The Morgan fingerprint density at radius 3 is 2.77 bits per heavy atom. The molecule has 0 heterocycles. The van der Waals surface area contributed by atoms with Crippen molar-refractivity contribution in [2.45, 2.75) is 19.8 Å². The highest BCUT2D eigenvalue weighted by atomic mass is 35.5. The summed E-state index contributed by atoms with van der Waals surface area (Å²) < 4.78 is 11.5. The van der Waals surface area contributed by atoms with Crippen molar-refractivity contribution < 1.29 is 14.3 Å². The van der Waals surface area contributed by atoms with Gasteiger partial charge in [-0.1, -0.05) is 23.7 Å². The molecule has 0 saturated carbocycles. The van der Waals surface area contributed by atoms with Gasteiger partial charge in [0.1, 0.15) is 31.1 Å². The fraction of sp³-hybridized carbons (Fsp3) is 0.300. The van der Waals surface area contributed by atoms with Gasteiger partial charge in [-0.2, -0.15) is 5.26 Å². The summed E-state index contributed by atoms with van der Waals surface area (Å²) in [4.78, 5) is 11.3. The van der Waals surface area contributed by atoms with Gasteiger partial charge >= 0.3 is 0 Å². The lowest BCUT2D eigenvalue weighted by Crippen LogP contribution is -2.25. The second kappa shape index (κ2) is 10.3. The van der Waals surface area contributed by atoms with Crippen LogP contribution in [0.25, 0.3) is 0 Å². The van der Waals surface area contributed by atoms with E-state index in [1.165, 1.54) is 0 Å². The first kappa shape index (κ1) is 19.6. The van der Waals surface area contributed by atoms with E-state index in [1.54, 1.807) is 12.1 Å². The number of halogens is 1. The van der Waals surface area contributed by atoms with Crippen LogP contribution < -0.4 is 14.8 Å². The highest BCUT2D eigenvalue weighted by Crippen LogP contribution is 2.23. The van der Waals surface area contributed by atoms with E-state index in [2.05, 4.69) is 5.32 Å². The van der Waals surface area contributed by atoms with E-state index < -0.39 is 0 Å². The Balaban J connectivity index is 1.84. The third-order valence-corrected chi connectivity index (χ3v) is 3.81. The van der Waals surface area contributed by atoms with Gasteiger partial charge in [0.05, 0.1) is 6.07 Å². The molecule has 0 spiro atoms. The Morgan fingerprint density at radius 2 is 2.00 bits per heavy atom. The molecule has 136 valence electrons. The minimum Gasteiger partial charge on any atom is -0.490 e. The number of amides is 1. The fourth-order valence-corrected chi connectivity index (χ4v) is 2.57. The number of nitrogens with one attached hydrogen (secondary N) is 1. The lowest BCUT2D eigenvalue weighted by atomic mass is 10.1. The van der Waals surface area contributed by atoms with E-state index in [9.17, 15) is 4.79 Å².